The fourth-order valence-corrected chi connectivity index (χ4v) is 5.93. The molecule has 0 saturated carbocycles. The Kier molecular flexibility index (Phi) is 9.03. The minimum absolute atomic E-state index is 0. The zero-order valence-electron chi connectivity index (χ0n) is 23.9. The topological polar surface area (TPSA) is 38.7 Å². The number of hydrogen-bond donors (Lipinski definition) is 0. The fourth-order valence-electron chi connectivity index (χ4n) is 4.88. The summed E-state index contributed by atoms with van der Waals surface area (Å²) in [5.74, 6) is 0. The van der Waals surface area contributed by atoms with E-state index in [-0.39, 0.29) is 20.1 Å². The Hall–Kier alpha value is -4.02. The van der Waals surface area contributed by atoms with Crippen LogP contribution in [0.1, 0.15) is 22.4 Å². The first-order valence-corrected chi connectivity index (χ1v) is 14.4. The van der Waals surface area contributed by atoms with Crippen LogP contribution in [0.3, 0.4) is 0 Å². The maximum Gasteiger partial charge on any atom is 0.0521 e. The quantitative estimate of drug-likeness (QED) is 0.170. The van der Waals surface area contributed by atoms with Crippen LogP contribution in [0.5, 0.6) is 0 Å². The van der Waals surface area contributed by atoms with E-state index in [0.717, 1.165) is 28.2 Å². The number of hydrogen-bond acceptors (Lipinski definition) is 4. The van der Waals surface area contributed by atoms with Crippen LogP contribution >= 0.6 is 11.3 Å². The number of benzene rings is 3. The number of aromatic nitrogens is 3. The van der Waals surface area contributed by atoms with Gasteiger partial charge in [0.2, 0.25) is 0 Å². The van der Waals surface area contributed by atoms with E-state index in [2.05, 4.69) is 121 Å². The Labute approximate surface area is 264 Å². The van der Waals surface area contributed by atoms with Crippen molar-refractivity contribution in [2.24, 2.45) is 0 Å². The predicted octanol–water partition coefficient (Wildman–Crippen LogP) is 9.76. The van der Waals surface area contributed by atoms with E-state index in [1.165, 1.54) is 48.0 Å². The van der Waals surface area contributed by atoms with Gasteiger partial charge in [0.15, 0.2) is 0 Å². The van der Waals surface area contributed by atoms with Gasteiger partial charge < -0.3 is 15.0 Å². The van der Waals surface area contributed by atoms with Gasteiger partial charge in [0.05, 0.1) is 4.70 Å². The summed E-state index contributed by atoms with van der Waals surface area (Å²) in [7, 11) is 0. The first-order valence-electron chi connectivity index (χ1n) is 13.6. The summed E-state index contributed by atoms with van der Waals surface area (Å²) in [6.07, 6.45) is 5.65. The zero-order chi connectivity index (χ0) is 28.3. The Morgan fingerprint density at radius 1 is 0.643 bits per heavy atom. The van der Waals surface area contributed by atoms with Crippen LogP contribution in [0, 0.1) is 39.8 Å². The summed E-state index contributed by atoms with van der Waals surface area (Å²) in [5.41, 5.74) is 11.1. The van der Waals surface area contributed by atoms with E-state index in [1.54, 1.807) is 17.5 Å². The van der Waals surface area contributed by atoms with Gasteiger partial charge in [-0.1, -0.05) is 91.8 Å². The summed E-state index contributed by atoms with van der Waals surface area (Å²) in [4.78, 5) is 13.4. The molecule has 0 bridgehead atoms. The van der Waals surface area contributed by atoms with Crippen LogP contribution in [0.15, 0.2) is 104 Å². The third-order valence-electron chi connectivity index (χ3n) is 7.34. The molecule has 0 saturated heterocycles. The second-order valence-electron chi connectivity index (χ2n) is 10.2. The normalized spacial score (nSPS) is 10.7. The maximum atomic E-state index is 4.57. The molecular weight excluding hydrogens is 711 g/mol. The Morgan fingerprint density at radius 2 is 1.40 bits per heavy atom. The van der Waals surface area contributed by atoms with Gasteiger partial charge in [-0.05, 0) is 58.9 Å². The largest absolute Gasteiger partial charge is 0.357 e. The monoisotopic (exact) mass is 740 g/mol. The molecule has 4 aromatic heterocycles. The molecular formula is C37H29IrN3S-2. The fraction of sp³-hybridized carbons (Fsp3) is 0.108. The van der Waals surface area contributed by atoms with Crippen molar-refractivity contribution in [2.75, 3.05) is 0 Å². The number of fused-ring (bicyclic) bond motifs is 3. The molecule has 0 amide bonds. The molecule has 3 nitrogen and oxygen atoms in total. The van der Waals surface area contributed by atoms with Crippen molar-refractivity contribution < 1.29 is 20.1 Å². The van der Waals surface area contributed by atoms with Gasteiger partial charge in [0.25, 0.3) is 0 Å². The number of aryl methyl sites for hydroxylation is 4. The predicted molar refractivity (Wildman–Crippen MR) is 172 cm³/mol. The molecule has 0 spiro atoms. The summed E-state index contributed by atoms with van der Waals surface area (Å²) in [6, 6.07) is 35.9. The smallest absolute Gasteiger partial charge is 0.0521 e. The van der Waals surface area contributed by atoms with Crippen LogP contribution in [0.2, 0.25) is 0 Å². The van der Waals surface area contributed by atoms with Gasteiger partial charge >= 0.3 is 0 Å². The van der Waals surface area contributed by atoms with Crippen molar-refractivity contribution in [1.29, 1.82) is 0 Å². The van der Waals surface area contributed by atoms with E-state index < -0.39 is 0 Å². The SMILES string of the molecule is Cc1cnc(-c2[c-]cc(C)c(-c3ccccc3)c2)cc1C.Cc1ncc[c-]c1-c1cc2c(cn1)sc1ccccc12.[Ir]. The molecule has 4 heterocycles. The van der Waals surface area contributed by atoms with Gasteiger partial charge in [0, 0.05) is 37.2 Å². The molecule has 1 radical (unpaired) electrons. The molecule has 0 aliphatic heterocycles. The molecule has 0 atom stereocenters. The van der Waals surface area contributed by atoms with Crippen molar-refractivity contribution in [3.05, 3.63) is 138 Å². The molecule has 0 aliphatic rings. The molecule has 42 heavy (non-hydrogen) atoms. The average Bonchev–Trinajstić information content (AvgIpc) is 3.38. The van der Waals surface area contributed by atoms with Gasteiger partial charge in [-0.25, -0.2) is 0 Å². The van der Waals surface area contributed by atoms with Crippen molar-refractivity contribution in [2.45, 2.75) is 27.7 Å². The number of pyridine rings is 3. The second kappa shape index (κ2) is 12.9. The standard InChI is InChI=1S/C20H18N.C17H11N2S.Ir/c1-14-9-10-18(20-11-15(2)16(3)13-21-20)12-19(14)17-7-5-4-6-8-17;1-11-12(6-4-8-18-11)15-9-14-13-5-2-3-7-16(13)20-17(14)10-19-15;/h4-9,11-13H,1-3H3;2-5,7-10H,1H3;/q2*-1;. The zero-order valence-corrected chi connectivity index (χ0v) is 27.1. The van der Waals surface area contributed by atoms with E-state index in [1.807, 2.05) is 31.5 Å². The molecule has 5 heteroatoms. The Morgan fingerprint density at radius 3 is 2.19 bits per heavy atom. The molecule has 209 valence electrons. The first kappa shape index (κ1) is 29.5. The number of rotatable bonds is 3. The summed E-state index contributed by atoms with van der Waals surface area (Å²) >= 11 is 1.78. The van der Waals surface area contributed by atoms with Gasteiger partial charge in [-0.15, -0.1) is 58.4 Å². The number of nitrogens with zero attached hydrogens (tertiary/aromatic N) is 3. The minimum atomic E-state index is 0. The van der Waals surface area contributed by atoms with E-state index in [0.29, 0.717) is 0 Å². The van der Waals surface area contributed by atoms with Crippen molar-refractivity contribution in [3.63, 3.8) is 0 Å². The van der Waals surface area contributed by atoms with Crippen molar-refractivity contribution in [3.8, 4) is 33.6 Å². The second-order valence-corrected chi connectivity index (χ2v) is 11.3. The van der Waals surface area contributed by atoms with Crippen LogP contribution in [0.25, 0.3) is 53.8 Å². The van der Waals surface area contributed by atoms with Crippen LogP contribution in [0.4, 0.5) is 0 Å². The van der Waals surface area contributed by atoms with Gasteiger partial charge in [-0.3, -0.25) is 0 Å². The van der Waals surface area contributed by atoms with Gasteiger partial charge in [0.1, 0.15) is 0 Å². The van der Waals surface area contributed by atoms with Crippen LogP contribution in [-0.4, -0.2) is 15.0 Å². The van der Waals surface area contributed by atoms with Crippen molar-refractivity contribution in [1.82, 2.24) is 15.0 Å². The molecule has 7 aromatic rings. The van der Waals surface area contributed by atoms with E-state index in [4.69, 9.17) is 0 Å². The first-order chi connectivity index (χ1) is 20.0. The summed E-state index contributed by atoms with van der Waals surface area (Å²) in [6.45, 7) is 8.31. The molecule has 3 aromatic carbocycles. The summed E-state index contributed by atoms with van der Waals surface area (Å²) in [5, 5.41) is 2.55. The molecule has 0 N–H and O–H groups in total. The molecule has 0 unspecified atom stereocenters. The summed E-state index contributed by atoms with van der Waals surface area (Å²) < 4.78 is 2.52. The number of thiophene rings is 1. The molecule has 0 fully saturated rings. The van der Waals surface area contributed by atoms with Crippen LogP contribution < -0.4 is 0 Å². The van der Waals surface area contributed by atoms with Gasteiger partial charge in [-0.2, -0.15) is 0 Å². The average molecular weight is 740 g/mol. The molecule has 0 aliphatic carbocycles. The van der Waals surface area contributed by atoms with E-state index >= 15 is 0 Å². The van der Waals surface area contributed by atoms with Crippen LogP contribution in [-0.2, 0) is 20.1 Å². The Balaban J connectivity index is 0.000000164. The minimum Gasteiger partial charge on any atom is -0.357 e. The van der Waals surface area contributed by atoms with E-state index in [9.17, 15) is 0 Å². The Bertz CT molecular complexity index is 2000. The van der Waals surface area contributed by atoms with Crippen molar-refractivity contribution >= 4 is 31.5 Å². The maximum absolute atomic E-state index is 4.57. The molecule has 7 rings (SSSR count). The third kappa shape index (κ3) is 6.10. The third-order valence-corrected chi connectivity index (χ3v) is 8.46.